The molecule has 2 aromatic carbocycles. The van der Waals surface area contributed by atoms with Gasteiger partial charge in [0.15, 0.2) is 0 Å². The van der Waals surface area contributed by atoms with Crippen LogP contribution in [0.2, 0.25) is 0 Å². The van der Waals surface area contributed by atoms with Crippen LogP contribution < -0.4 is 5.32 Å². The Balaban J connectivity index is 2.47. The Hall–Kier alpha value is -1.80. The van der Waals surface area contributed by atoms with E-state index in [0.717, 1.165) is 16.8 Å². The summed E-state index contributed by atoms with van der Waals surface area (Å²) in [5.74, 6) is 0. The largest absolute Gasteiger partial charge is 0.385 e. The van der Waals surface area contributed by atoms with Crippen molar-refractivity contribution in [3.63, 3.8) is 0 Å². The van der Waals surface area contributed by atoms with E-state index in [1.165, 1.54) is 22.0 Å². The Morgan fingerprint density at radius 2 is 1.39 bits per heavy atom. The zero-order chi connectivity index (χ0) is 12.8. The lowest BCUT2D eigenvalue weighted by Gasteiger charge is -2.14. The van der Waals surface area contributed by atoms with Crippen LogP contribution in [0.1, 0.15) is 18.1 Å². The third-order valence-corrected chi connectivity index (χ3v) is 4.08. The van der Waals surface area contributed by atoms with Gasteiger partial charge in [-0.05, 0) is 23.2 Å². The van der Waals surface area contributed by atoms with Gasteiger partial charge < -0.3 is 5.32 Å². The molecule has 1 N–H and O–H groups in total. The van der Waals surface area contributed by atoms with Crippen LogP contribution >= 0.6 is 0 Å². The predicted octanol–water partition coefficient (Wildman–Crippen LogP) is 2.49. The molecule has 18 heavy (non-hydrogen) atoms. The Morgan fingerprint density at radius 3 is 1.89 bits per heavy atom. The highest BCUT2D eigenvalue weighted by Gasteiger charge is 2.05. The molecule has 0 unspecified atom stereocenters. The minimum absolute atomic E-state index is 0.947. The fourth-order valence-corrected chi connectivity index (χ4v) is 2.86. The van der Waals surface area contributed by atoms with Gasteiger partial charge in [-0.25, -0.2) is 0 Å². The lowest BCUT2D eigenvalue weighted by atomic mass is 10.1. The number of benzene rings is 2. The van der Waals surface area contributed by atoms with Crippen LogP contribution in [0.3, 0.4) is 0 Å². The van der Waals surface area contributed by atoms with Crippen LogP contribution in [-0.2, 0) is 0 Å². The summed E-state index contributed by atoms with van der Waals surface area (Å²) in [5.41, 5.74) is 3.87. The van der Waals surface area contributed by atoms with Gasteiger partial charge in [0.05, 0.1) is 0 Å². The molecule has 0 aliphatic carbocycles. The molecule has 0 aromatic heterocycles. The van der Waals surface area contributed by atoms with E-state index in [1.807, 2.05) is 0 Å². The molecule has 0 saturated heterocycles. The van der Waals surface area contributed by atoms with Crippen LogP contribution in [0.25, 0.3) is 10.9 Å². The molecule has 0 bridgehead atoms. The van der Waals surface area contributed by atoms with E-state index in [9.17, 15) is 0 Å². The summed E-state index contributed by atoms with van der Waals surface area (Å²) in [7, 11) is 1.03. The topological polar surface area (TPSA) is 12.0 Å². The highest BCUT2D eigenvalue weighted by Crippen LogP contribution is 2.21. The lowest BCUT2D eigenvalue weighted by molar-refractivity contribution is 0.942. The van der Waals surface area contributed by atoms with E-state index in [-0.39, 0.29) is 0 Å². The average Bonchev–Trinajstić information content (AvgIpc) is 2.46. The van der Waals surface area contributed by atoms with Gasteiger partial charge in [0.2, 0.25) is 0 Å². The first-order valence-electron chi connectivity index (χ1n) is 6.38. The van der Waals surface area contributed by atoms with Crippen LogP contribution in [0, 0.1) is 0 Å². The molecule has 1 nitrogen and oxygen atoms in total. The molecule has 2 heteroatoms. The highest BCUT2D eigenvalue weighted by atomic mass is 28.1. The van der Waals surface area contributed by atoms with Gasteiger partial charge in [-0.1, -0.05) is 60.7 Å². The van der Waals surface area contributed by atoms with Gasteiger partial charge in [-0.2, -0.15) is 0 Å². The second kappa shape index (κ2) is 6.22. The van der Waals surface area contributed by atoms with Crippen molar-refractivity contribution in [3.05, 3.63) is 71.8 Å². The third-order valence-electron chi connectivity index (χ3n) is 3.00. The molecule has 0 heterocycles. The first-order chi connectivity index (χ1) is 8.83. The van der Waals surface area contributed by atoms with Gasteiger partial charge in [0.1, 0.15) is 0 Å². The summed E-state index contributed by atoms with van der Waals surface area (Å²) in [4.78, 5) is 0. The van der Waals surface area contributed by atoms with E-state index in [0.29, 0.717) is 0 Å². The molecule has 2 aromatic rings. The summed E-state index contributed by atoms with van der Waals surface area (Å²) >= 11 is 0. The maximum absolute atomic E-state index is 3.51. The Morgan fingerprint density at radius 1 is 0.889 bits per heavy atom. The molecule has 0 amide bonds. The van der Waals surface area contributed by atoms with E-state index in [2.05, 4.69) is 72.9 Å². The quantitative estimate of drug-likeness (QED) is 0.652. The second-order valence-electron chi connectivity index (χ2n) is 4.26. The maximum atomic E-state index is 3.51. The number of rotatable bonds is 4. The summed E-state index contributed by atoms with van der Waals surface area (Å²) in [5, 5.41) is 4.93. The van der Waals surface area contributed by atoms with Crippen molar-refractivity contribution in [3.8, 4) is 0 Å². The predicted molar refractivity (Wildman–Crippen MR) is 83.3 cm³/mol. The minimum Gasteiger partial charge on any atom is -0.385 e. The van der Waals surface area contributed by atoms with Gasteiger partial charge in [0, 0.05) is 22.5 Å². The average molecular weight is 253 g/mol. The van der Waals surface area contributed by atoms with Crippen LogP contribution in [0.5, 0.6) is 0 Å². The molecule has 0 aliphatic rings. The molecule has 92 valence electrons. The Kier molecular flexibility index (Phi) is 4.37. The van der Waals surface area contributed by atoms with Gasteiger partial charge >= 0.3 is 0 Å². The molecule has 0 aliphatic heterocycles. The monoisotopic (exact) mass is 253 g/mol. The summed E-state index contributed by atoms with van der Waals surface area (Å²) in [6.07, 6.45) is 0. The van der Waals surface area contributed by atoms with Gasteiger partial charge in [-0.3, -0.25) is 0 Å². The highest BCUT2D eigenvalue weighted by molar-refractivity contribution is 6.46. The van der Waals surface area contributed by atoms with Gasteiger partial charge in [-0.15, -0.1) is 0 Å². The summed E-state index contributed by atoms with van der Waals surface area (Å²) in [6, 6.07) is 21.2. The first kappa shape index (κ1) is 12.6. The standard InChI is InChI=1S/C16H19NSi/c1-2-17-15(13-9-5-3-6-10-13)16(18)14-11-7-4-8-12-14/h3-12,17H,2H2,1,18H3. The number of nitrogens with one attached hydrogen (secondary N) is 1. The fraction of sp³-hybridized carbons (Fsp3) is 0.125. The first-order valence-corrected chi connectivity index (χ1v) is 7.38. The van der Waals surface area contributed by atoms with Crippen molar-refractivity contribution in [2.75, 3.05) is 6.54 Å². The van der Waals surface area contributed by atoms with Crippen molar-refractivity contribution in [2.24, 2.45) is 0 Å². The van der Waals surface area contributed by atoms with Gasteiger partial charge in [0.25, 0.3) is 0 Å². The number of hydrogen-bond donors (Lipinski definition) is 1. The molecular formula is C16H19NSi. The second-order valence-corrected chi connectivity index (χ2v) is 5.26. The third kappa shape index (κ3) is 2.90. The summed E-state index contributed by atoms with van der Waals surface area (Å²) in [6.45, 7) is 3.09. The van der Waals surface area contributed by atoms with Crippen LogP contribution in [0.15, 0.2) is 60.7 Å². The van der Waals surface area contributed by atoms with Crippen molar-refractivity contribution in [1.29, 1.82) is 0 Å². The molecule has 0 radical (unpaired) electrons. The minimum atomic E-state index is 0.947. The van der Waals surface area contributed by atoms with Crippen molar-refractivity contribution < 1.29 is 0 Å². The summed E-state index contributed by atoms with van der Waals surface area (Å²) < 4.78 is 0. The van der Waals surface area contributed by atoms with E-state index >= 15 is 0 Å². The lowest BCUT2D eigenvalue weighted by Crippen LogP contribution is -2.13. The van der Waals surface area contributed by atoms with Crippen LogP contribution in [0.4, 0.5) is 0 Å². The SMILES string of the molecule is CCNC(=C([SiH3])c1ccccc1)c1ccccc1. The fourth-order valence-electron chi connectivity index (χ4n) is 2.07. The molecule has 0 saturated carbocycles. The molecule has 0 fully saturated rings. The van der Waals surface area contributed by atoms with E-state index in [1.54, 1.807) is 0 Å². The van der Waals surface area contributed by atoms with Crippen molar-refractivity contribution in [2.45, 2.75) is 6.92 Å². The van der Waals surface area contributed by atoms with E-state index < -0.39 is 0 Å². The Labute approximate surface area is 112 Å². The zero-order valence-corrected chi connectivity index (χ0v) is 13.0. The van der Waals surface area contributed by atoms with Crippen molar-refractivity contribution >= 4 is 21.1 Å². The molecule has 0 spiro atoms. The van der Waals surface area contributed by atoms with E-state index in [4.69, 9.17) is 0 Å². The van der Waals surface area contributed by atoms with Crippen LogP contribution in [-0.4, -0.2) is 16.8 Å². The normalized spacial score (nSPS) is 12.1. The molecule has 0 atom stereocenters. The number of hydrogen-bond acceptors (Lipinski definition) is 1. The maximum Gasteiger partial charge on any atom is 0.0420 e. The Bertz CT molecular complexity index is 517. The smallest absolute Gasteiger partial charge is 0.0420 e. The molecular weight excluding hydrogens is 234 g/mol. The van der Waals surface area contributed by atoms with Crippen molar-refractivity contribution in [1.82, 2.24) is 5.32 Å². The molecule has 2 rings (SSSR count). The zero-order valence-electron chi connectivity index (χ0n) is 11.0.